The topological polar surface area (TPSA) is 554 Å². The maximum atomic E-state index is 12.0. The van der Waals surface area contributed by atoms with Gasteiger partial charge in [-0.1, -0.05) is 256 Å². The van der Waals surface area contributed by atoms with Gasteiger partial charge in [0, 0.05) is 22.7 Å². The van der Waals surface area contributed by atoms with Gasteiger partial charge < -0.3 is 102 Å². The van der Waals surface area contributed by atoms with Gasteiger partial charge in [0.2, 0.25) is 0 Å². The molecule has 33 nitrogen and oxygen atoms in total. The van der Waals surface area contributed by atoms with Crippen LogP contribution in [0.25, 0.3) is 32.3 Å². The zero-order chi connectivity index (χ0) is 100. The van der Waals surface area contributed by atoms with Crippen molar-refractivity contribution in [2.24, 2.45) is 23.3 Å². The van der Waals surface area contributed by atoms with E-state index in [0.29, 0.717) is 36.6 Å². The normalized spacial score (nSPS) is 12.4. The Kier molecular flexibility index (Phi) is 62.1. The van der Waals surface area contributed by atoms with Gasteiger partial charge in [0.05, 0.1) is 35.5 Å². The van der Waals surface area contributed by atoms with Crippen molar-refractivity contribution in [3.63, 3.8) is 0 Å². The molecule has 135 heavy (non-hydrogen) atoms. The average Bonchev–Trinajstić information content (AvgIpc) is 0.843. The summed E-state index contributed by atoms with van der Waals surface area (Å²) in [4.78, 5) is 143. The van der Waals surface area contributed by atoms with Crippen LogP contribution in [-0.2, 0) is 87.8 Å². The third-order valence-electron chi connectivity index (χ3n) is 16.9. The van der Waals surface area contributed by atoms with Crippen LogP contribution in [-0.4, -0.2) is 200 Å². The Labute approximate surface area is 843 Å². The maximum absolute atomic E-state index is 12.0. The molecule has 36 heteroatoms. The van der Waals surface area contributed by atoms with E-state index >= 15 is 0 Å². The number of hydrogen-bond acceptors (Lipinski definition) is 26. The minimum Gasteiger partial charge on any atom is -0.870 e. The third-order valence-corrected chi connectivity index (χ3v) is 17.6. The molecule has 0 aliphatic carbocycles. The Bertz CT molecular complexity index is 5020. The summed E-state index contributed by atoms with van der Waals surface area (Å²) < 4.78 is 33.1. The number of amides is 2. The van der Waals surface area contributed by atoms with Gasteiger partial charge in [-0.25, -0.2) is 33.6 Å². The molecule has 0 saturated heterocycles. The molecule has 2 amide bonds. The number of carboxylic acid groups (broad SMARTS) is 5. The van der Waals surface area contributed by atoms with Crippen LogP contribution >= 0.6 is 27.5 Å². The Morgan fingerprint density at radius 1 is 0.400 bits per heavy atom. The molecule has 0 saturated carbocycles. The van der Waals surface area contributed by atoms with E-state index in [4.69, 9.17) is 82.5 Å². The number of fused-ring (bicyclic) bond motifs is 3. The van der Waals surface area contributed by atoms with Crippen molar-refractivity contribution in [2.45, 2.75) is 222 Å². The van der Waals surface area contributed by atoms with E-state index in [1.165, 1.54) is 36.9 Å². The zero-order valence-electron chi connectivity index (χ0n) is 78.5. The number of aliphatic hydroxyl groups is 3. The molecule has 9 aromatic rings. The SMILES string of the molecule is C.CC(C)(C)OC(=O)OC(=O)OC(C)(C)C.CC[C@@H](Cc1ccc2ccccc2c1)C(=O)O.C[C@@H](Cc1ccc2ccccc2c1)C(=O)O.C[C@@H](O)[C@H](N)C(=O)O.C[C@@H](O)[C@H](NC(=O)OC(C)(C)C)C(=O)O.C[C@@H](O)[C@H](NC(=O)OC(C)(C)C)C(=O)OCC(=O)c1ccccc1.N[C@@H](Cc1ccc2ccccc2c1)C(=O)O.O=C(CBr)c1ccccc1.O=C(Cl)OCc1ccccc1.[K+].[OH-]. The number of halogens is 2. The van der Waals surface area contributed by atoms with E-state index in [9.17, 15) is 67.4 Å². The molecule has 9 atom stereocenters. The first-order valence-corrected chi connectivity index (χ1v) is 43.0. The Hall–Kier alpha value is -11.2. The van der Waals surface area contributed by atoms with Crippen molar-refractivity contribution in [1.82, 2.24) is 10.6 Å². The first-order chi connectivity index (χ1) is 61.4. The molecule has 0 aliphatic heterocycles. The van der Waals surface area contributed by atoms with Crippen LogP contribution in [0.3, 0.4) is 0 Å². The number of aliphatic hydroxyl groups excluding tert-OH is 3. The van der Waals surface area contributed by atoms with Crippen LogP contribution in [0.1, 0.15) is 175 Å². The molecule has 0 aromatic heterocycles. The molecule has 0 spiro atoms. The molecule has 0 aliphatic rings. The number of ketones is 2. The first-order valence-electron chi connectivity index (χ1n) is 41.5. The van der Waals surface area contributed by atoms with Crippen molar-refractivity contribution in [3.8, 4) is 0 Å². The molecule has 0 heterocycles. The van der Waals surface area contributed by atoms with E-state index < -0.39 is 137 Å². The van der Waals surface area contributed by atoms with Crippen LogP contribution in [0.2, 0.25) is 0 Å². The largest absolute Gasteiger partial charge is 1.00 e. The van der Waals surface area contributed by atoms with Crippen LogP contribution in [0.15, 0.2) is 218 Å². The summed E-state index contributed by atoms with van der Waals surface area (Å²) in [5.41, 5.74) is 12.0. The predicted molar refractivity (Wildman–Crippen MR) is 512 cm³/mol. The average molecular weight is 1990 g/mol. The number of hydrogen-bond donors (Lipinski definition) is 12. The molecular formula is C99H129BrClKN4O29. The summed E-state index contributed by atoms with van der Waals surface area (Å²) >= 11 is 8.07. The number of aliphatic carboxylic acids is 5. The summed E-state index contributed by atoms with van der Waals surface area (Å²) in [5.74, 6) is -6.69. The molecule has 15 N–H and O–H groups in total. The second-order valence-electron chi connectivity index (χ2n) is 33.3. The van der Waals surface area contributed by atoms with Crippen LogP contribution < -0.4 is 73.5 Å². The number of carbonyl (C=O) groups is 13. The molecule has 0 bridgehead atoms. The minimum absolute atomic E-state index is 0. The molecule has 0 radical (unpaired) electrons. The summed E-state index contributed by atoms with van der Waals surface area (Å²) in [7, 11) is 0. The number of alkyl halides is 1. The van der Waals surface area contributed by atoms with Gasteiger partial charge in [-0.2, -0.15) is 0 Å². The summed E-state index contributed by atoms with van der Waals surface area (Å²) in [6.07, 6.45) is -5.00. The van der Waals surface area contributed by atoms with Crippen molar-refractivity contribution in [2.75, 3.05) is 11.9 Å². The number of Topliss-reactive ketones (excluding diaryl/α,β-unsaturated/α-hetero) is 2. The number of carbonyl (C=O) groups excluding carboxylic acids is 8. The van der Waals surface area contributed by atoms with Gasteiger partial charge in [0.1, 0.15) is 41.1 Å². The summed E-state index contributed by atoms with van der Waals surface area (Å²) in [6.45, 7) is 27.3. The summed E-state index contributed by atoms with van der Waals surface area (Å²) in [6, 6.07) is 64.6. The van der Waals surface area contributed by atoms with Gasteiger partial charge in [-0.3, -0.25) is 28.8 Å². The first kappa shape index (κ1) is 128. The Morgan fingerprint density at radius 3 is 1.04 bits per heavy atom. The standard InChI is InChI=1S/C17H23NO6.C15H16O2.C14H14O2.C13H13NO2.C10H18O5.C9H17NO5.C8H7BrO.C8H7ClO2.C4H9NO3.CH4.K.H2O/c1-11(19)14(18-16(22)24-17(2,3)4)15(21)23-10-13(20)12-8-6-5-7-9-12;1-2-12(15(16)17)9-11-7-8-13-5-3-4-6-14(13)10-11;1-10(14(15)16)8-11-6-7-12-4-2-3-5-13(12)9-11;14-12(13(15)16)8-9-5-6-10-3-1-2-4-11(10)7-9;1-9(2,3)14-7(11)13-8(12)15-10(4,5)6;1-5(11)6(7(12)13)10-8(14)15-9(2,3)4;9-6-8(10)7-4-2-1-3-5-7;9-8(10)11-6-7-4-2-1-3-5-7;1-2(6)3(5)4(7)8;;;/h5-9,11,14,19H,10H2,1-4H3,(H,18,22);3-8,10,12H,2,9H2,1H3,(H,16,17);2-7,9-10H,8H2,1H3,(H,15,16);1-7,12H,8,14H2,(H,15,16);1-6H3;5-6,11H,1-4H3,(H,10,14)(H,12,13);1-5H,6H2;1-5H,6H2;2-3,6H,5H2,1H3,(H,7,8);1H4;;1H2/q;;;;;;;;;;+1;/p-1/t11-,14+;12-;10-;12-;;5-,6+;;;2-,3+;;;/m1000.1..1.../s1. The number of rotatable bonds is 25. The van der Waals surface area contributed by atoms with Crippen LogP contribution in [0, 0.1) is 11.8 Å². The van der Waals surface area contributed by atoms with E-state index in [0.717, 1.165) is 44.0 Å². The predicted octanol–water partition coefficient (Wildman–Crippen LogP) is 14.4. The number of esters is 1. The van der Waals surface area contributed by atoms with Gasteiger partial charge in [0.25, 0.3) is 0 Å². The number of alkyl carbamates (subject to hydrolysis) is 2. The second-order valence-corrected chi connectivity index (χ2v) is 34.2. The fourth-order valence-electron chi connectivity index (χ4n) is 10.4. The fraction of sp³-hybridized carbons (Fsp3) is 0.384. The molecular weight excluding hydrogens is 1860 g/mol. The maximum Gasteiger partial charge on any atom is 1.00 e. The van der Waals surface area contributed by atoms with Gasteiger partial charge in [-0.15, -0.1) is 0 Å². The van der Waals surface area contributed by atoms with E-state index in [-0.39, 0.29) is 94.3 Å². The van der Waals surface area contributed by atoms with Crippen molar-refractivity contribution < 1.29 is 193 Å². The van der Waals surface area contributed by atoms with Crippen LogP contribution in [0.5, 0.6) is 0 Å². The molecule has 0 unspecified atom stereocenters. The number of carboxylic acids is 5. The quantitative estimate of drug-likeness (QED) is 0.00481. The third kappa shape index (κ3) is 58.7. The number of nitrogens with two attached hydrogens (primary N) is 2. The van der Waals surface area contributed by atoms with Crippen molar-refractivity contribution in [1.29, 1.82) is 0 Å². The Morgan fingerprint density at radius 2 is 0.741 bits per heavy atom. The number of nitrogens with one attached hydrogen (secondary N) is 2. The van der Waals surface area contributed by atoms with E-state index in [2.05, 4.69) is 72.4 Å². The second kappa shape index (κ2) is 65.5. The van der Waals surface area contributed by atoms with E-state index in [1.54, 1.807) is 120 Å². The van der Waals surface area contributed by atoms with Crippen molar-refractivity contribution >= 4 is 137 Å². The summed E-state index contributed by atoms with van der Waals surface area (Å²) in [5, 5.41) is 82.3. The van der Waals surface area contributed by atoms with Crippen molar-refractivity contribution in [3.05, 3.63) is 252 Å². The fourth-order valence-corrected chi connectivity index (χ4v) is 10.7. The van der Waals surface area contributed by atoms with Gasteiger partial charge in [0.15, 0.2) is 30.3 Å². The molecule has 9 aromatic carbocycles. The van der Waals surface area contributed by atoms with Crippen LogP contribution in [0.4, 0.5) is 24.0 Å². The number of ether oxygens (including phenoxy) is 7. The Balaban J connectivity index is -0.00000147. The number of benzene rings is 9. The smallest absolute Gasteiger partial charge is 0.870 e. The molecule has 9 rings (SSSR count). The molecule has 734 valence electrons. The monoisotopic (exact) mass is 1990 g/mol. The van der Waals surface area contributed by atoms with Gasteiger partial charge >= 0.3 is 117 Å². The minimum atomic E-state index is -1.36. The van der Waals surface area contributed by atoms with E-state index in [1.807, 2.05) is 159 Å². The zero-order valence-corrected chi connectivity index (χ0v) is 84.0. The van der Waals surface area contributed by atoms with Gasteiger partial charge in [-0.05, 0) is 184 Å². The molecule has 0 fully saturated rings.